The normalized spacial score (nSPS) is 32.3. The van der Waals surface area contributed by atoms with E-state index in [-0.39, 0.29) is 24.1 Å². The summed E-state index contributed by atoms with van der Waals surface area (Å²) in [4.78, 5) is 25.1. The molecule has 0 aromatic carbocycles. The first kappa shape index (κ1) is 17.0. The van der Waals surface area contributed by atoms with E-state index in [4.69, 9.17) is 9.47 Å². The average molecular weight is 330 g/mol. The predicted molar refractivity (Wildman–Crippen MR) is 91.1 cm³/mol. The summed E-state index contributed by atoms with van der Waals surface area (Å²) in [6.07, 6.45) is 18.7. The molecule has 130 valence electrons. The van der Waals surface area contributed by atoms with E-state index >= 15 is 0 Å². The second kappa shape index (κ2) is 8.32. The monoisotopic (exact) mass is 330 g/mol. The molecule has 4 heteroatoms. The summed E-state index contributed by atoms with van der Waals surface area (Å²) in [6, 6.07) is 0. The minimum Gasteiger partial charge on any atom is -0.462 e. The predicted octanol–water partition coefficient (Wildman–Crippen LogP) is 3.87. The van der Waals surface area contributed by atoms with Crippen molar-refractivity contribution < 1.29 is 19.1 Å². The fourth-order valence-corrected chi connectivity index (χ4v) is 3.58. The molecule has 0 aromatic heterocycles. The van der Waals surface area contributed by atoms with E-state index in [1.54, 1.807) is 0 Å². The first-order chi connectivity index (χ1) is 11.7. The first-order valence-corrected chi connectivity index (χ1v) is 9.11. The summed E-state index contributed by atoms with van der Waals surface area (Å²) in [5, 5.41) is 0. The molecule has 0 aromatic rings. The molecule has 0 amide bonds. The van der Waals surface area contributed by atoms with Gasteiger partial charge >= 0.3 is 11.9 Å². The molecule has 4 atom stereocenters. The van der Waals surface area contributed by atoms with Crippen LogP contribution in [0, 0.1) is 11.8 Å². The van der Waals surface area contributed by atoms with Gasteiger partial charge < -0.3 is 9.47 Å². The van der Waals surface area contributed by atoms with Gasteiger partial charge in [0.25, 0.3) is 0 Å². The molecule has 4 unspecified atom stereocenters. The van der Waals surface area contributed by atoms with Crippen LogP contribution in [0.1, 0.15) is 51.4 Å². The number of rotatable bonds is 4. The van der Waals surface area contributed by atoms with Gasteiger partial charge in [-0.15, -0.1) is 0 Å². The van der Waals surface area contributed by atoms with Crippen LogP contribution in [0.4, 0.5) is 0 Å². The van der Waals surface area contributed by atoms with Crippen molar-refractivity contribution in [2.24, 2.45) is 11.8 Å². The van der Waals surface area contributed by atoms with Crippen LogP contribution in [-0.4, -0.2) is 24.1 Å². The van der Waals surface area contributed by atoms with Crippen LogP contribution in [0.3, 0.4) is 0 Å². The maximum Gasteiger partial charge on any atom is 0.313 e. The van der Waals surface area contributed by atoms with Crippen molar-refractivity contribution in [2.75, 3.05) is 0 Å². The summed E-state index contributed by atoms with van der Waals surface area (Å²) in [7, 11) is 0. The molecule has 0 radical (unpaired) electrons. The van der Waals surface area contributed by atoms with E-state index in [9.17, 15) is 9.59 Å². The van der Waals surface area contributed by atoms with Crippen LogP contribution in [0.25, 0.3) is 0 Å². The number of hydrogen-bond acceptors (Lipinski definition) is 4. The van der Waals surface area contributed by atoms with Crippen LogP contribution in [-0.2, 0) is 19.1 Å². The van der Waals surface area contributed by atoms with Crippen molar-refractivity contribution in [3.8, 4) is 0 Å². The lowest BCUT2D eigenvalue weighted by atomic mass is 9.83. The van der Waals surface area contributed by atoms with Gasteiger partial charge in [0, 0.05) is 12.8 Å². The lowest BCUT2D eigenvalue weighted by Gasteiger charge is -2.29. The molecule has 4 nitrogen and oxygen atoms in total. The molecule has 0 aliphatic heterocycles. The maximum absolute atomic E-state index is 12.6. The number of hydrogen-bond donors (Lipinski definition) is 0. The lowest BCUT2D eigenvalue weighted by molar-refractivity contribution is -0.165. The van der Waals surface area contributed by atoms with Gasteiger partial charge in [0.15, 0.2) is 0 Å². The second-order valence-corrected chi connectivity index (χ2v) is 6.82. The largest absolute Gasteiger partial charge is 0.462 e. The SMILES string of the molecule is O=C(OC1CC=CCC1)C1C=CCCC1C(=O)OC1CC=CCC1. The van der Waals surface area contributed by atoms with Gasteiger partial charge in [0.1, 0.15) is 12.2 Å². The number of carbonyl (C=O) groups is 2. The lowest BCUT2D eigenvalue weighted by Crippen LogP contribution is -2.36. The summed E-state index contributed by atoms with van der Waals surface area (Å²) in [6.45, 7) is 0. The van der Waals surface area contributed by atoms with Crippen LogP contribution in [0.2, 0.25) is 0 Å². The van der Waals surface area contributed by atoms with Gasteiger partial charge in [-0.1, -0.05) is 36.5 Å². The Morgan fingerprint density at radius 1 is 0.708 bits per heavy atom. The third kappa shape index (κ3) is 4.37. The van der Waals surface area contributed by atoms with Gasteiger partial charge in [-0.3, -0.25) is 9.59 Å². The number of allylic oxidation sites excluding steroid dienone is 3. The molecule has 3 aliphatic rings. The first-order valence-electron chi connectivity index (χ1n) is 9.11. The Bertz CT molecular complexity index is 546. The van der Waals surface area contributed by atoms with Crippen LogP contribution < -0.4 is 0 Å². The quantitative estimate of drug-likeness (QED) is 0.580. The summed E-state index contributed by atoms with van der Waals surface area (Å²) < 4.78 is 11.3. The van der Waals surface area contributed by atoms with Crippen molar-refractivity contribution in [1.82, 2.24) is 0 Å². The zero-order valence-electron chi connectivity index (χ0n) is 14.1. The fourth-order valence-electron chi connectivity index (χ4n) is 3.58. The van der Waals surface area contributed by atoms with Crippen molar-refractivity contribution >= 4 is 11.9 Å². The fraction of sp³-hybridized carbons (Fsp3) is 0.600. The van der Waals surface area contributed by atoms with E-state index in [1.165, 1.54) is 0 Å². The highest BCUT2D eigenvalue weighted by molar-refractivity contribution is 5.84. The zero-order chi connectivity index (χ0) is 16.8. The molecule has 24 heavy (non-hydrogen) atoms. The molecule has 0 N–H and O–H groups in total. The highest BCUT2D eigenvalue weighted by atomic mass is 16.6. The zero-order valence-corrected chi connectivity index (χ0v) is 14.1. The Hall–Kier alpha value is -1.84. The highest BCUT2D eigenvalue weighted by Gasteiger charge is 2.37. The minimum atomic E-state index is -0.503. The third-order valence-electron chi connectivity index (χ3n) is 5.00. The summed E-state index contributed by atoms with van der Waals surface area (Å²) >= 11 is 0. The van der Waals surface area contributed by atoms with Gasteiger partial charge in [-0.25, -0.2) is 0 Å². The number of ether oxygens (including phenoxy) is 2. The smallest absolute Gasteiger partial charge is 0.313 e. The van der Waals surface area contributed by atoms with Crippen molar-refractivity contribution in [1.29, 1.82) is 0 Å². The van der Waals surface area contributed by atoms with Crippen LogP contribution in [0.15, 0.2) is 36.5 Å². The van der Waals surface area contributed by atoms with Gasteiger partial charge in [-0.2, -0.15) is 0 Å². The summed E-state index contributed by atoms with van der Waals surface area (Å²) in [5.74, 6) is -1.44. The molecule has 0 saturated carbocycles. The number of esters is 2. The van der Waals surface area contributed by atoms with Gasteiger partial charge in [0.05, 0.1) is 11.8 Å². The minimum absolute atomic E-state index is 0.0476. The highest BCUT2D eigenvalue weighted by Crippen LogP contribution is 2.30. The van der Waals surface area contributed by atoms with Crippen LogP contribution in [0.5, 0.6) is 0 Å². The molecule has 0 spiro atoms. The molecule has 0 bridgehead atoms. The Kier molecular flexibility index (Phi) is 5.89. The molecular formula is C20H26O4. The molecule has 3 aliphatic carbocycles. The Labute approximate surface area is 143 Å². The molecule has 0 saturated heterocycles. The second-order valence-electron chi connectivity index (χ2n) is 6.82. The Balaban J connectivity index is 1.59. The van der Waals surface area contributed by atoms with Crippen molar-refractivity contribution in [2.45, 2.75) is 63.6 Å². The standard InChI is InChI=1S/C20H26O4/c21-19(23-15-9-3-1-4-10-15)17-13-7-8-14-18(17)20(22)24-16-11-5-2-6-12-16/h1-3,5,7,13,15-18H,4,6,8-12,14H2. The van der Waals surface area contributed by atoms with E-state index in [2.05, 4.69) is 24.3 Å². The van der Waals surface area contributed by atoms with Crippen LogP contribution >= 0.6 is 0 Å². The molecular weight excluding hydrogens is 304 g/mol. The van der Waals surface area contributed by atoms with E-state index < -0.39 is 11.8 Å². The van der Waals surface area contributed by atoms with Crippen molar-refractivity contribution in [3.63, 3.8) is 0 Å². The number of carbonyl (C=O) groups excluding carboxylic acids is 2. The van der Waals surface area contributed by atoms with E-state index in [1.807, 2.05) is 12.2 Å². The van der Waals surface area contributed by atoms with Gasteiger partial charge in [-0.05, 0) is 38.5 Å². The molecule has 0 fully saturated rings. The third-order valence-corrected chi connectivity index (χ3v) is 5.00. The Morgan fingerprint density at radius 2 is 1.29 bits per heavy atom. The molecule has 3 rings (SSSR count). The Morgan fingerprint density at radius 3 is 1.88 bits per heavy atom. The van der Waals surface area contributed by atoms with Crippen molar-refractivity contribution in [3.05, 3.63) is 36.5 Å². The topological polar surface area (TPSA) is 52.6 Å². The van der Waals surface area contributed by atoms with E-state index in [0.717, 1.165) is 44.9 Å². The summed E-state index contributed by atoms with van der Waals surface area (Å²) in [5.41, 5.74) is 0. The molecule has 0 heterocycles. The van der Waals surface area contributed by atoms with E-state index in [0.29, 0.717) is 6.42 Å². The average Bonchev–Trinajstić information content (AvgIpc) is 2.63. The van der Waals surface area contributed by atoms with Gasteiger partial charge in [0.2, 0.25) is 0 Å². The maximum atomic E-state index is 12.6.